The van der Waals surface area contributed by atoms with Gasteiger partial charge in [0.15, 0.2) is 0 Å². The highest BCUT2D eigenvalue weighted by Crippen LogP contribution is 2.32. The lowest BCUT2D eigenvalue weighted by Gasteiger charge is -2.14. The number of thioether (sulfide) groups is 1. The van der Waals surface area contributed by atoms with Crippen LogP contribution in [0.15, 0.2) is 59.5 Å². The molecule has 0 aromatic heterocycles. The van der Waals surface area contributed by atoms with Crippen LogP contribution in [0.1, 0.15) is 22.3 Å². The van der Waals surface area contributed by atoms with Gasteiger partial charge in [0, 0.05) is 18.7 Å². The first-order valence-electron chi connectivity index (χ1n) is 8.36. The summed E-state index contributed by atoms with van der Waals surface area (Å²) in [6, 6.07) is 15.2. The number of carboxylic acids is 1. The highest BCUT2D eigenvalue weighted by Gasteiger charge is 2.32. The Bertz CT molecular complexity index is 973. The maximum absolute atomic E-state index is 12.6. The average molecular weight is 411 g/mol. The van der Waals surface area contributed by atoms with E-state index in [2.05, 4.69) is 5.32 Å². The molecule has 0 atom stereocenters. The summed E-state index contributed by atoms with van der Waals surface area (Å²) in [5, 5.41) is 13.5. The van der Waals surface area contributed by atoms with Crippen molar-refractivity contribution < 1.29 is 19.5 Å². The van der Waals surface area contributed by atoms with Gasteiger partial charge >= 0.3 is 0 Å². The zero-order valence-corrected chi connectivity index (χ0v) is 16.2. The Morgan fingerprint density at radius 2 is 1.89 bits per heavy atom. The largest absolute Gasteiger partial charge is 0.545 e. The summed E-state index contributed by atoms with van der Waals surface area (Å²) in [5.41, 5.74) is 1.22. The minimum Gasteiger partial charge on any atom is -0.545 e. The van der Waals surface area contributed by atoms with E-state index in [1.165, 1.54) is 34.9 Å². The van der Waals surface area contributed by atoms with Gasteiger partial charge in [-0.25, -0.2) is 0 Å². The van der Waals surface area contributed by atoms with Crippen LogP contribution in [0.4, 0.5) is 5.69 Å². The number of carbonyl (C=O) groups excluding carboxylic acids is 3. The number of carbonyl (C=O) groups is 3. The molecule has 1 heterocycles. The molecule has 0 unspecified atom stereocenters. The van der Waals surface area contributed by atoms with Crippen LogP contribution in [-0.4, -0.2) is 33.5 Å². The minimum absolute atomic E-state index is 0.0270. The normalized spacial score (nSPS) is 15.1. The third-order valence-corrected chi connectivity index (χ3v) is 5.29. The maximum Gasteiger partial charge on any atom is 0.266 e. The molecule has 1 aliphatic rings. The highest BCUT2D eigenvalue weighted by molar-refractivity contribution is 8.26. The number of anilines is 1. The third kappa shape index (κ3) is 4.85. The molecule has 6 nitrogen and oxygen atoms in total. The fourth-order valence-electron chi connectivity index (χ4n) is 2.55. The molecule has 142 valence electrons. The predicted molar refractivity (Wildman–Crippen MR) is 110 cm³/mol. The van der Waals surface area contributed by atoms with Gasteiger partial charge in [-0.2, -0.15) is 0 Å². The van der Waals surface area contributed by atoms with Crippen molar-refractivity contribution in [3.05, 3.63) is 70.6 Å². The van der Waals surface area contributed by atoms with Crippen molar-refractivity contribution >= 4 is 57.8 Å². The van der Waals surface area contributed by atoms with Gasteiger partial charge in [-0.05, 0) is 29.3 Å². The molecule has 8 heteroatoms. The molecule has 3 rings (SSSR count). The Hall–Kier alpha value is -2.97. The molecule has 0 aliphatic carbocycles. The molecule has 0 saturated carbocycles. The van der Waals surface area contributed by atoms with E-state index in [0.29, 0.717) is 14.9 Å². The van der Waals surface area contributed by atoms with Gasteiger partial charge in [0.25, 0.3) is 5.91 Å². The number of rotatable bonds is 6. The van der Waals surface area contributed by atoms with Gasteiger partial charge < -0.3 is 15.2 Å². The Balaban J connectivity index is 1.59. The predicted octanol–water partition coefficient (Wildman–Crippen LogP) is 2.28. The van der Waals surface area contributed by atoms with Gasteiger partial charge in [0.05, 0.1) is 10.9 Å². The van der Waals surface area contributed by atoms with Crippen LogP contribution < -0.4 is 10.4 Å². The van der Waals surface area contributed by atoms with E-state index in [-0.39, 0.29) is 30.3 Å². The first kappa shape index (κ1) is 19.8. The quantitative estimate of drug-likeness (QED) is 0.579. The number of hydrogen-bond donors (Lipinski definition) is 1. The Kier molecular flexibility index (Phi) is 6.23. The lowest BCUT2D eigenvalue weighted by Crippen LogP contribution is -2.31. The molecular weight excluding hydrogens is 396 g/mol. The van der Waals surface area contributed by atoms with E-state index >= 15 is 0 Å². The Morgan fingerprint density at radius 3 is 2.61 bits per heavy atom. The molecule has 0 spiro atoms. The lowest BCUT2D eigenvalue weighted by molar-refractivity contribution is -0.255. The standard InChI is InChI=1S/C20H16N2O4S2/c23-17(21-15-8-4-7-14(12-15)19(25)26)9-10-22-18(24)16(28-20(22)27)11-13-5-2-1-3-6-13/h1-8,11-12H,9-10H2,(H,21,23)(H,25,26)/p-1. The highest BCUT2D eigenvalue weighted by atomic mass is 32.2. The Morgan fingerprint density at radius 1 is 1.14 bits per heavy atom. The number of benzene rings is 2. The number of amides is 2. The monoisotopic (exact) mass is 411 g/mol. The molecule has 1 N–H and O–H groups in total. The first-order valence-corrected chi connectivity index (χ1v) is 9.58. The van der Waals surface area contributed by atoms with Gasteiger partial charge in [-0.1, -0.05) is 66.4 Å². The molecule has 1 saturated heterocycles. The van der Waals surface area contributed by atoms with Crippen molar-refractivity contribution in [3.63, 3.8) is 0 Å². The van der Waals surface area contributed by atoms with Crippen molar-refractivity contribution in [1.82, 2.24) is 4.90 Å². The van der Waals surface area contributed by atoms with Crippen LogP contribution >= 0.6 is 24.0 Å². The number of thiocarbonyl (C=S) groups is 1. The van der Waals surface area contributed by atoms with E-state index < -0.39 is 5.97 Å². The SMILES string of the molecule is O=C(CCN1C(=O)C(=Cc2ccccc2)SC1=S)Nc1cccc(C(=O)[O-])c1. The first-order chi connectivity index (χ1) is 13.4. The fourth-order valence-corrected chi connectivity index (χ4v) is 3.86. The summed E-state index contributed by atoms with van der Waals surface area (Å²) in [4.78, 5) is 37.5. The number of carboxylic acid groups (broad SMARTS) is 1. The average Bonchev–Trinajstić information content (AvgIpc) is 2.94. The second-order valence-electron chi connectivity index (χ2n) is 5.91. The number of nitrogens with one attached hydrogen (secondary N) is 1. The summed E-state index contributed by atoms with van der Waals surface area (Å²) < 4.78 is 0.402. The number of hydrogen-bond acceptors (Lipinski definition) is 6. The van der Waals surface area contributed by atoms with Crippen molar-refractivity contribution in [2.75, 3.05) is 11.9 Å². The number of nitrogens with zero attached hydrogens (tertiary/aromatic N) is 1. The van der Waals surface area contributed by atoms with Crippen LogP contribution in [0.3, 0.4) is 0 Å². The van der Waals surface area contributed by atoms with Crippen LogP contribution in [0, 0.1) is 0 Å². The summed E-state index contributed by atoms with van der Waals surface area (Å²) in [6.45, 7) is 0.142. The van der Waals surface area contributed by atoms with Gasteiger partial charge in [-0.3, -0.25) is 14.5 Å². The second kappa shape index (κ2) is 8.81. The van der Waals surface area contributed by atoms with E-state index in [1.807, 2.05) is 30.3 Å². The third-order valence-electron chi connectivity index (χ3n) is 3.92. The van der Waals surface area contributed by atoms with Crippen molar-refractivity contribution in [3.8, 4) is 0 Å². The van der Waals surface area contributed by atoms with Crippen molar-refractivity contribution in [1.29, 1.82) is 0 Å². The summed E-state index contributed by atoms with van der Waals surface area (Å²) in [7, 11) is 0. The molecule has 2 amide bonds. The molecule has 2 aromatic rings. The van der Waals surface area contributed by atoms with E-state index in [0.717, 1.165) is 5.56 Å². The maximum atomic E-state index is 12.6. The number of aromatic carboxylic acids is 1. The van der Waals surface area contributed by atoms with E-state index in [9.17, 15) is 19.5 Å². The summed E-state index contributed by atoms with van der Waals surface area (Å²) >= 11 is 6.46. The van der Waals surface area contributed by atoms with Crippen LogP contribution in [-0.2, 0) is 9.59 Å². The van der Waals surface area contributed by atoms with Gasteiger partial charge in [0.2, 0.25) is 5.91 Å². The smallest absolute Gasteiger partial charge is 0.266 e. The zero-order chi connectivity index (χ0) is 20.1. The van der Waals surface area contributed by atoms with Gasteiger partial charge in [0.1, 0.15) is 4.32 Å². The Labute approximate surface area is 171 Å². The van der Waals surface area contributed by atoms with Crippen LogP contribution in [0.5, 0.6) is 0 Å². The molecule has 0 radical (unpaired) electrons. The lowest BCUT2D eigenvalue weighted by atomic mass is 10.2. The van der Waals surface area contributed by atoms with E-state index in [1.54, 1.807) is 12.1 Å². The molecule has 2 aromatic carbocycles. The van der Waals surface area contributed by atoms with Crippen LogP contribution in [0.2, 0.25) is 0 Å². The second-order valence-corrected chi connectivity index (χ2v) is 7.59. The van der Waals surface area contributed by atoms with Gasteiger partial charge in [-0.15, -0.1) is 0 Å². The summed E-state index contributed by atoms with van der Waals surface area (Å²) in [6.07, 6.45) is 1.80. The molecule has 1 aliphatic heterocycles. The zero-order valence-electron chi connectivity index (χ0n) is 14.6. The summed E-state index contributed by atoms with van der Waals surface area (Å²) in [5.74, 6) is -1.90. The molecule has 28 heavy (non-hydrogen) atoms. The van der Waals surface area contributed by atoms with Crippen molar-refractivity contribution in [2.45, 2.75) is 6.42 Å². The topological polar surface area (TPSA) is 89.5 Å². The van der Waals surface area contributed by atoms with E-state index in [4.69, 9.17) is 12.2 Å². The van der Waals surface area contributed by atoms with Crippen LogP contribution in [0.25, 0.3) is 6.08 Å². The molecular formula is C20H15N2O4S2-. The minimum atomic E-state index is -1.32. The molecule has 1 fully saturated rings. The molecule has 0 bridgehead atoms. The fraction of sp³-hybridized carbons (Fsp3) is 0.100. The van der Waals surface area contributed by atoms with Crippen molar-refractivity contribution in [2.24, 2.45) is 0 Å².